The van der Waals surface area contributed by atoms with E-state index in [4.69, 9.17) is 45.9 Å². The SMILES string of the molecule is C[C@@]1(O)COCCN(c2nc(OC[C@@]34CCCN3C[C@H](F)C4)nc3sc4c(-c5c(C#C[Si](C)(C)C)c(Cl)cc6c5cnn6C5CCCCO5)nccc4c23)C1. The fourth-order valence-corrected chi connectivity index (χ4v) is 10.7. The molecule has 9 rings (SSSR count). The molecule has 0 saturated carbocycles. The van der Waals surface area contributed by atoms with Crippen molar-refractivity contribution >= 4 is 68.0 Å². The van der Waals surface area contributed by atoms with Gasteiger partial charge in [0.1, 0.15) is 37.1 Å². The second-order valence-electron chi connectivity index (χ2n) is 16.9. The van der Waals surface area contributed by atoms with Gasteiger partial charge < -0.3 is 24.2 Å². The molecule has 15 heteroatoms. The van der Waals surface area contributed by atoms with Crippen molar-refractivity contribution in [3.63, 3.8) is 0 Å². The topological polar surface area (TPSA) is 111 Å². The van der Waals surface area contributed by atoms with E-state index in [2.05, 4.69) is 40.9 Å². The van der Waals surface area contributed by atoms with Gasteiger partial charge in [-0.25, -0.2) is 9.07 Å². The Labute approximate surface area is 330 Å². The fourth-order valence-electron chi connectivity index (χ4n) is 8.79. The van der Waals surface area contributed by atoms with Gasteiger partial charge in [0.25, 0.3) is 0 Å². The second kappa shape index (κ2) is 14.2. The molecule has 1 N–H and O–H groups in total. The van der Waals surface area contributed by atoms with Crippen molar-refractivity contribution in [3.8, 4) is 28.7 Å². The van der Waals surface area contributed by atoms with E-state index in [1.807, 2.05) is 29.2 Å². The van der Waals surface area contributed by atoms with Gasteiger partial charge in [0.15, 0.2) is 6.23 Å². The van der Waals surface area contributed by atoms with Crippen LogP contribution in [0.25, 0.3) is 42.5 Å². The molecule has 55 heavy (non-hydrogen) atoms. The maximum Gasteiger partial charge on any atom is 0.319 e. The van der Waals surface area contributed by atoms with Crippen LogP contribution in [0.1, 0.15) is 57.2 Å². The van der Waals surface area contributed by atoms with Crippen LogP contribution in [0.2, 0.25) is 24.7 Å². The summed E-state index contributed by atoms with van der Waals surface area (Å²) in [5, 5.41) is 19.4. The fraction of sp³-hybridized carbons (Fsp3) is 0.550. The Kier molecular flexibility index (Phi) is 9.59. The maximum atomic E-state index is 14.7. The highest BCUT2D eigenvalue weighted by molar-refractivity contribution is 7.26. The molecule has 4 aromatic heterocycles. The smallest absolute Gasteiger partial charge is 0.319 e. The van der Waals surface area contributed by atoms with Crippen molar-refractivity contribution in [1.82, 2.24) is 29.6 Å². The Morgan fingerprint density at radius 1 is 1.16 bits per heavy atom. The zero-order valence-corrected chi connectivity index (χ0v) is 34.4. The molecule has 4 fully saturated rings. The van der Waals surface area contributed by atoms with Crippen molar-refractivity contribution in [2.24, 2.45) is 0 Å². The molecule has 5 aromatic rings. The average Bonchev–Trinajstić information content (AvgIpc) is 3.88. The summed E-state index contributed by atoms with van der Waals surface area (Å²) in [6.45, 7) is 12.2. The van der Waals surface area contributed by atoms with Crippen LogP contribution in [0, 0.1) is 11.5 Å². The summed E-state index contributed by atoms with van der Waals surface area (Å²) in [4.78, 5) is 20.2. The largest absolute Gasteiger partial charge is 0.461 e. The number of halogens is 2. The van der Waals surface area contributed by atoms with E-state index >= 15 is 0 Å². The molecule has 4 atom stereocenters. The number of rotatable bonds is 6. The lowest BCUT2D eigenvalue weighted by Gasteiger charge is -2.31. The summed E-state index contributed by atoms with van der Waals surface area (Å²) in [7, 11) is -1.81. The van der Waals surface area contributed by atoms with Gasteiger partial charge in [-0.2, -0.15) is 15.1 Å². The normalized spacial score (nSPS) is 26.4. The van der Waals surface area contributed by atoms with Crippen molar-refractivity contribution in [2.45, 2.75) is 88.6 Å². The monoisotopic (exact) mass is 803 g/mol. The molecule has 11 nitrogen and oxygen atoms in total. The Morgan fingerprint density at radius 3 is 2.85 bits per heavy atom. The van der Waals surface area contributed by atoms with Crippen LogP contribution in [-0.4, -0.2) is 113 Å². The Hall–Kier alpha value is -3.42. The van der Waals surface area contributed by atoms with Crippen molar-refractivity contribution < 1.29 is 23.7 Å². The van der Waals surface area contributed by atoms with Crippen LogP contribution in [-0.2, 0) is 9.47 Å². The van der Waals surface area contributed by atoms with Crippen LogP contribution >= 0.6 is 22.9 Å². The standard InChI is InChI=1S/C40H47ClFN7O4SSi/c1-39(50)22-47(14-16-51-23-39)36-33-27-9-12-43-34(35(27)54-37(33)46-38(45-36)53-24-40-11-7-13-48(40)21-25(42)19-40)32-26(10-17-55(2,3)4)29(41)18-30-28(32)20-44-49(30)31-8-5-6-15-52-31/h9,12,18,20,25,31,50H,5-8,11,13-16,19,21-24H2,1-4H3/t25-,31?,39+,40+/m1/s1. The van der Waals surface area contributed by atoms with Crippen LogP contribution in [0.3, 0.4) is 0 Å². The Morgan fingerprint density at radius 2 is 2.04 bits per heavy atom. The number of anilines is 1. The van der Waals surface area contributed by atoms with Gasteiger partial charge in [-0.05, 0) is 57.7 Å². The van der Waals surface area contributed by atoms with Gasteiger partial charge in [-0.1, -0.05) is 37.2 Å². The number of benzene rings is 1. The van der Waals surface area contributed by atoms with Crippen LogP contribution in [0.15, 0.2) is 24.5 Å². The number of hydrogen-bond donors (Lipinski definition) is 1. The van der Waals surface area contributed by atoms with E-state index in [0.717, 1.165) is 86.7 Å². The molecular formula is C40H47ClFN7O4SSi. The highest BCUT2D eigenvalue weighted by Crippen LogP contribution is 2.47. The van der Waals surface area contributed by atoms with Crippen LogP contribution < -0.4 is 9.64 Å². The van der Waals surface area contributed by atoms with Gasteiger partial charge in [0, 0.05) is 48.6 Å². The van der Waals surface area contributed by atoms with Gasteiger partial charge in [-0.15, -0.1) is 16.9 Å². The predicted molar refractivity (Wildman–Crippen MR) is 218 cm³/mol. The third-order valence-corrected chi connectivity index (χ3v) is 13.6. The third-order valence-electron chi connectivity index (χ3n) is 11.3. The van der Waals surface area contributed by atoms with Crippen LogP contribution in [0.5, 0.6) is 6.01 Å². The lowest BCUT2D eigenvalue weighted by molar-refractivity contribution is -0.0366. The quantitative estimate of drug-likeness (QED) is 0.138. The number of fused-ring (bicyclic) bond motifs is 5. The number of hydrogen-bond acceptors (Lipinski definition) is 11. The summed E-state index contributed by atoms with van der Waals surface area (Å²) in [5.74, 6) is 4.15. The van der Waals surface area contributed by atoms with Crippen molar-refractivity contribution in [2.75, 3.05) is 57.5 Å². The van der Waals surface area contributed by atoms with Crippen LogP contribution in [0.4, 0.5) is 10.2 Å². The summed E-state index contributed by atoms with van der Waals surface area (Å²) >= 11 is 8.73. The summed E-state index contributed by atoms with van der Waals surface area (Å²) in [5.41, 5.74) is 5.24. The van der Waals surface area contributed by atoms with Gasteiger partial charge in [0.05, 0.1) is 63.4 Å². The van der Waals surface area contributed by atoms with E-state index in [1.54, 1.807) is 6.92 Å². The summed E-state index contributed by atoms with van der Waals surface area (Å²) < 4.78 is 36.0. The number of nitrogens with zero attached hydrogens (tertiary/aromatic N) is 7. The minimum Gasteiger partial charge on any atom is -0.461 e. The lowest BCUT2D eigenvalue weighted by atomic mass is 9.95. The molecule has 1 unspecified atom stereocenters. The molecule has 8 heterocycles. The predicted octanol–water partition coefficient (Wildman–Crippen LogP) is 7.38. The molecule has 290 valence electrons. The first-order valence-electron chi connectivity index (χ1n) is 19.4. The summed E-state index contributed by atoms with van der Waals surface area (Å²) in [6, 6.07) is 4.20. The number of ether oxygens (including phenoxy) is 3. The lowest BCUT2D eigenvalue weighted by Crippen LogP contribution is -2.43. The maximum absolute atomic E-state index is 14.7. The van der Waals surface area contributed by atoms with E-state index in [1.165, 1.54) is 11.3 Å². The van der Waals surface area contributed by atoms with E-state index in [0.29, 0.717) is 56.7 Å². The molecule has 4 saturated heterocycles. The van der Waals surface area contributed by atoms with E-state index in [-0.39, 0.29) is 24.4 Å². The second-order valence-corrected chi connectivity index (χ2v) is 23.1. The number of thiophene rings is 1. The molecule has 0 aliphatic carbocycles. The van der Waals surface area contributed by atoms with Crippen molar-refractivity contribution in [1.29, 1.82) is 0 Å². The Bertz CT molecular complexity index is 2350. The first-order valence-corrected chi connectivity index (χ1v) is 24.1. The van der Waals surface area contributed by atoms with E-state index in [9.17, 15) is 9.50 Å². The number of pyridine rings is 1. The molecule has 1 aromatic carbocycles. The highest BCUT2D eigenvalue weighted by Gasteiger charge is 2.49. The molecular weight excluding hydrogens is 757 g/mol. The van der Waals surface area contributed by atoms with Gasteiger partial charge in [0.2, 0.25) is 0 Å². The Balaban J connectivity index is 1.24. The average molecular weight is 804 g/mol. The number of aromatic nitrogens is 5. The van der Waals surface area contributed by atoms with Gasteiger partial charge >= 0.3 is 6.01 Å². The zero-order valence-electron chi connectivity index (χ0n) is 31.8. The molecule has 4 aliphatic rings. The van der Waals surface area contributed by atoms with Crippen molar-refractivity contribution in [3.05, 3.63) is 35.1 Å². The molecule has 4 aliphatic heterocycles. The highest BCUT2D eigenvalue weighted by atomic mass is 35.5. The molecule has 0 spiro atoms. The minimum atomic E-state index is -1.81. The number of alkyl halides is 1. The summed E-state index contributed by atoms with van der Waals surface area (Å²) in [6.07, 6.45) is 7.99. The third kappa shape index (κ3) is 7.00. The molecule has 0 amide bonds. The zero-order chi connectivity index (χ0) is 38.1. The minimum absolute atomic E-state index is 0.177. The number of β-amino-alcohol motifs (C(OH)–C–C–N with tert-alkyl or cyclic N) is 1. The molecule has 0 bridgehead atoms. The first kappa shape index (κ1) is 37.2. The van der Waals surface area contributed by atoms with E-state index < -0.39 is 19.8 Å². The van der Waals surface area contributed by atoms with Gasteiger partial charge in [-0.3, -0.25) is 9.88 Å². The first-order chi connectivity index (χ1) is 26.4. The number of aliphatic hydroxyl groups is 1. The molecule has 0 radical (unpaired) electrons.